The van der Waals surface area contributed by atoms with Crippen molar-refractivity contribution < 1.29 is 22.3 Å². The third-order valence-electron chi connectivity index (χ3n) is 4.35. The fourth-order valence-electron chi connectivity index (χ4n) is 3.23. The van der Waals surface area contributed by atoms with Crippen LogP contribution in [-0.2, 0) is 14.8 Å². The lowest BCUT2D eigenvalue weighted by atomic mass is 10.2. The minimum atomic E-state index is -3.76. The second-order valence-electron chi connectivity index (χ2n) is 6.10. The van der Waals surface area contributed by atoms with Gasteiger partial charge >= 0.3 is 0 Å². The van der Waals surface area contributed by atoms with Gasteiger partial charge in [0, 0.05) is 25.2 Å². The van der Waals surface area contributed by atoms with Crippen LogP contribution in [0.5, 0.6) is 5.75 Å². The molecule has 1 N–H and O–H groups in total. The van der Waals surface area contributed by atoms with Gasteiger partial charge in [-0.05, 0) is 31.5 Å². The predicted octanol–water partition coefficient (Wildman–Crippen LogP) is 0.974. The van der Waals surface area contributed by atoms with Crippen molar-refractivity contribution in [2.24, 2.45) is 0 Å². The normalized spacial score (nSPS) is 28.6. The summed E-state index contributed by atoms with van der Waals surface area (Å²) in [6, 6.07) is 3.69. The van der Waals surface area contributed by atoms with Crippen LogP contribution in [0.2, 0.25) is 0 Å². The summed E-state index contributed by atoms with van der Waals surface area (Å²) in [4.78, 5) is 2.15. The summed E-state index contributed by atoms with van der Waals surface area (Å²) in [6.45, 7) is 4.08. The molecule has 3 rings (SSSR count). The maximum absolute atomic E-state index is 13.7. The molecule has 2 aliphatic rings. The quantitative estimate of drug-likeness (QED) is 0.882. The molecule has 0 amide bonds. The minimum Gasteiger partial charge on any atom is -0.494 e. The predicted molar refractivity (Wildman–Crippen MR) is 82.5 cm³/mol. The molecule has 8 heteroatoms. The lowest BCUT2D eigenvalue weighted by molar-refractivity contribution is -0.0390. The van der Waals surface area contributed by atoms with Gasteiger partial charge in [0.25, 0.3) is 0 Å². The number of fused-ring (bicyclic) bond motifs is 1. The molecule has 2 fully saturated rings. The molecule has 6 nitrogen and oxygen atoms in total. The highest BCUT2D eigenvalue weighted by Crippen LogP contribution is 2.25. The number of sulfonamides is 1. The van der Waals surface area contributed by atoms with Crippen molar-refractivity contribution in [3.63, 3.8) is 0 Å². The maximum atomic E-state index is 13.7. The number of ether oxygens (including phenoxy) is 2. The van der Waals surface area contributed by atoms with Gasteiger partial charge in [-0.1, -0.05) is 0 Å². The zero-order valence-corrected chi connectivity index (χ0v) is 14.0. The van der Waals surface area contributed by atoms with Gasteiger partial charge in [0.05, 0.1) is 24.7 Å². The van der Waals surface area contributed by atoms with E-state index in [1.54, 1.807) is 0 Å². The first-order valence-corrected chi connectivity index (χ1v) is 9.09. The number of nitrogens with one attached hydrogen (secondary N) is 1. The van der Waals surface area contributed by atoms with E-state index in [-0.39, 0.29) is 28.8 Å². The van der Waals surface area contributed by atoms with Gasteiger partial charge in [0.1, 0.15) is 0 Å². The Balaban J connectivity index is 1.71. The van der Waals surface area contributed by atoms with E-state index in [0.29, 0.717) is 19.6 Å². The average Bonchev–Trinajstić information content (AvgIpc) is 2.87. The zero-order chi connectivity index (χ0) is 16.6. The smallest absolute Gasteiger partial charge is 0.240 e. The molecule has 0 radical (unpaired) electrons. The Morgan fingerprint density at radius 3 is 2.87 bits per heavy atom. The Hall–Kier alpha value is -1.22. The first-order valence-electron chi connectivity index (χ1n) is 7.60. The molecule has 0 bridgehead atoms. The van der Waals surface area contributed by atoms with Crippen LogP contribution < -0.4 is 9.46 Å². The third-order valence-corrected chi connectivity index (χ3v) is 5.87. The average molecular weight is 344 g/mol. The van der Waals surface area contributed by atoms with Gasteiger partial charge in [0.2, 0.25) is 10.0 Å². The van der Waals surface area contributed by atoms with E-state index in [2.05, 4.69) is 9.62 Å². The topological polar surface area (TPSA) is 67.9 Å². The number of morpholine rings is 1. The highest BCUT2D eigenvalue weighted by atomic mass is 32.2. The summed E-state index contributed by atoms with van der Waals surface area (Å²) in [7, 11) is -2.42. The number of hydrogen-bond donors (Lipinski definition) is 1. The van der Waals surface area contributed by atoms with Gasteiger partial charge in [-0.25, -0.2) is 17.5 Å². The van der Waals surface area contributed by atoms with Crippen molar-refractivity contribution in [3.8, 4) is 5.75 Å². The van der Waals surface area contributed by atoms with E-state index in [1.165, 1.54) is 19.2 Å². The Morgan fingerprint density at radius 1 is 1.39 bits per heavy atom. The number of hydrogen-bond acceptors (Lipinski definition) is 5. The monoisotopic (exact) mass is 344 g/mol. The van der Waals surface area contributed by atoms with Crippen molar-refractivity contribution >= 4 is 10.0 Å². The molecule has 0 spiro atoms. The molecule has 3 atom stereocenters. The van der Waals surface area contributed by atoms with E-state index >= 15 is 0 Å². The first kappa shape index (κ1) is 16.6. The van der Waals surface area contributed by atoms with Gasteiger partial charge < -0.3 is 9.47 Å². The number of rotatable bonds is 4. The molecule has 2 aliphatic heterocycles. The SMILES string of the molecule is COc1ccc(S(=O)(=O)N[C@@H]2C[C@H]3CO[C@@H](C)CN3C2)cc1F. The standard InChI is InChI=1S/C15H21FN2O4S/c1-10-7-18-8-11(5-12(18)9-22-10)17-23(19,20)13-3-4-15(21-2)14(16)6-13/h3-4,6,10-12,17H,5,7-9H2,1-2H3/t10-,11+,12-/m0/s1. The van der Waals surface area contributed by atoms with Crippen LogP contribution in [0, 0.1) is 5.82 Å². The molecule has 128 valence electrons. The van der Waals surface area contributed by atoms with Crippen LogP contribution in [0.4, 0.5) is 4.39 Å². The molecule has 0 unspecified atom stereocenters. The molecule has 0 aromatic heterocycles. The molecule has 2 heterocycles. The second kappa shape index (κ2) is 6.35. The lowest BCUT2D eigenvalue weighted by Gasteiger charge is -2.33. The summed E-state index contributed by atoms with van der Waals surface area (Å²) >= 11 is 0. The fourth-order valence-corrected chi connectivity index (χ4v) is 4.48. The molecule has 0 aliphatic carbocycles. The van der Waals surface area contributed by atoms with Crippen molar-refractivity contribution in [1.29, 1.82) is 0 Å². The third kappa shape index (κ3) is 3.50. The molecular formula is C15H21FN2O4S. The molecule has 1 aromatic rings. The zero-order valence-electron chi connectivity index (χ0n) is 13.2. The van der Waals surface area contributed by atoms with Crippen molar-refractivity contribution in [1.82, 2.24) is 9.62 Å². The maximum Gasteiger partial charge on any atom is 0.240 e. The summed E-state index contributed by atoms with van der Waals surface area (Å²) < 4.78 is 51.7. The van der Waals surface area contributed by atoms with Gasteiger partial charge in [-0.15, -0.1) is 0 Å². The molecular weight excluding hydrogens is 323 g/mol. The largest absolute Gasteiger partial charge is 0.494 e. The number of halogens is 1. The molecule has 23 heavy (non-hydrogen) atoms. The lowest BCUT2D eigenvalue weighted by Crippen LogP contribution is -2.45. The Bertz CT molecular complexity index is 682. The van der Waals surface area contributed by atoms with Crippen LogP contribution in [0.3, 0.4) is 0 Å². The highest BCUT2D eigenvalue weighted by Gasteiger charge is 2.38. The van der Waals surface area contributed by atoms with E-state index in [4.69, 9.17) is 9.47 Å². The summed E-state index contributed by atoms with van der Waals surface area (Å²) in [6.07, 6.45) is 0.863. The first-order chi connectivity index (χ1) is 10.9. The van der Waals surface area contributed by atoms with Gasteiger partial charge in [-0.2, -0.15) is 0 Å². The van der Waals surface area contributed by atoms with E-state index < -0.39 is 15.8 Å². The summed E-state index contributed by atoms with van der Waals surface area (Å²) in [5, 5.41) is 0. The van der Waals surface area contributed by atoms with Crippen LogP contribution in [0.1, 0.15) is 13.3 Å². The Labute approximate surface area is 135 Å². The van der Waals surface area contributed by atoms with Crippen molar-refractivity contribution in [2.45, 2.75) is 36.4 Å². The second-order valence-corrected chi connectivity index (χ2v) is 7.82. The molecule has 0 saturated carbocycles. The van der Waals surface area contributed by atoms with Crippen LogP contribution >= 0.6 is 0 Å². The van der Waals surface area contributed by atoms with Crippen molar-refractivity contribution in [3.05, 3.63) is 24.0 Å². The van der Waals surface area contributed by atoms with Crippen LogP contribution in [-0.4, -0.2) is 58.3 Å². The summed E-state index contributed by atoms with van der Waals surface area (Å²) in [5.41, 5.74) is 0. The van der Waals surface area contributed by atoms with E-state index in [9.17, 15) is 12.8 Å². The van der Waals surface area contributed by atoms with Crippen molar-refractivity contribution in [2.75, 3.05) is 26.8 Å². The minimum absolute atomic E-state index is 0.0214. The van der Waals surface area contributed by atoms with Crippen LogP contribution in [0.15, 0.2) is 23.1 Å². The number of methoxy groups -OCH3 is 1. The van der Waals surface area contributed by atoms with E-state index in [0.717, 1.165) is 12.6 Å². The fraction of sp³-hybridized carbons (Fsp3) is 0.600. The molecule has 2 saturated heterocycles. The number of benzene rings is 1. The molecule has 1 aromatic carbocycles. The Kier molecular flexibility index (Phi) is 4.59. The van der Waals surface area contributed by atoms with Crippen LogP contribution in [0.25, 0.3) is 0 Å². The van der Waals surface area contributed by atoms with E-state index in [1.807, 2.05) is 6.92 Å². The summed E-state index contributed by atoms with van der Waals surface area (Å²) in [5.74, 6) is -0.672. The van der Waals surface area contributed by atoms with Gasteiger partial charge in [-0.3, -0.25) is 4.90 Å². The van der Waals surface area contributed by atoms with Gasteiger partial charge in [0.15, 0.2) is 11.6 Å². The highest BCUT2D eigenvalue weighted by molar-refractivity contribution is 7.89. The Morgan fingerprint density at radius 2 is 2.17 bits per heavy atom. The number of nitrogens with zero attached hydrogens (tertiary/aromatic N) is 1.